The topological polar surface area (TPSA) is 29.5 Å². The first-order chi connectivity index (χ1) is 6.27. The first-order valence-corrected chi connectivity index (χ1v) is 5.57. The Balaban J connectivity index is 1.77. The van der Waals surface area contributed by atoms with Crippen LogP contribution in [0.15, 0.2) is 0 Å². The van der Waals surface area contributed by atoms with Crippen molar-refractivity contribution in [2.45, 2.75) is 51.2 Å². The maximum absolute atomic E-state index is 9.97. The van der Waals surface area contributed by atoms with Crippen LogP contribution in [0.1, 0.15) is 39.0 Å². The molecule has 3 atom stereocenters. The molecule has 1 saturated carbocycles. The molecule has 0 aromatic rings. The summed E-state index contributed by atoms with van der Waals surface area (Å²) in [6, 6.07) is 0. The lowest BCUT2D eigenvalue weighted by atomic mass is 9.78. The van der Waals surface area contributed by atoms with E-state index in [1.807, 2.05) is 0 Å². The van der Waals surface area contributed by atoms with Crippen molar-refractivity contribution in [1.82, 2.24) is 0 Å². The summed E-state index contributed by atoms with van der Waals surface area (Å²) in [4.78, 5) is 0. The summed E-state index contributed by atoms with van der Waals surface area (Å²) in [5.41, 5.74) is 0. The van der Waals surface area contributed by atoms with Gasteiger partial charge in [0.05, 0.1) is 12.2 Å². The maximum atomic E-state index is 9.97. The minimum atomic E-state index is -0.109. The molecule has 1 heterocycles. The summed E-state index contributed by atoms with van der Waals surface area (Å²) in [6.45, 7) is 2.93. The molecule has 0 radical (unpaired) electrons. The average molecular weight is 184 g/mol. The van der Waals surface area contributed by atoms with Crippen LogP contribution in [-0.2, 0) is 4.74 Å². The van der Waals surface area contributed by atoms with Crippen LogP contribution in [0.4, 0.5) is 0 Å². The van der Waals surface area contributed by atoms with Gasteiger partial charge in [-0.1, -0.05) is 19.3 Å². The maximum Gasteiger partial charge on any atom is 0.0600 e. The zero-order valence-electron chi connectivity index (χ0n) is 8.41. The van der Waals surface area contributed by atoms with E-state index >= 15 is 0 Å². The van der Waals surface area contributed by atoms with Gasteiger partial charge in [0.1, 0.15) is 0 Å². The summed E-state index contributed by atoms with van der Waals surface area (Å²) in [5, 5.41) is 9.97. The lowest BCUT2D eigenvalue weighted by molar-refractivity contribution is 0.0234. The van der Waals surface area contributed by atoms with E-state index in [4.69, 9.17) is 4.74 Å². The normalized spacial score (nSPS) is 37.4. The second-order valence-corrected chi connectivity index (χ2v) is 4.63. The highest BCUT2D eigenvalue weighted by Gasteiger charge is 2.33. The Morgan fingerprint density at radius 1 is 1.38 bits per heavy atom. The van der Waals surface area contributed by atoms with Gasteiger partial charge in [0, 0.05) is 12.5 Å². The van der Waals surface area contributed by atoms with Gasteiger partial charge in [-0.15, -0.1) is 0 Å². The number of hydrogen-bond donors (Lipinski definition) is 1. The molecule has 2 fully saturated rings. The Morgan fingerprint density at radius 2 is 2.15 bits per heavy atom. The molecule has 3 unspecified atom stereocenters. The molecule has 1 aliphatic heterocycles. The molecule has 1 N–H and O–H groups in total. The second kappa shape index (κ2) is 3.97. The molecular weight excluding hydrogens is 164 g/mol. The van der Waals surface area contributed by atoms with Gasteiger partial charge in [0.15, 0.2) is 0 Å². The standard InChI is InChI=1S/C11H20O2/c1-8-10(5-6-13-8)11(12)7-9-3-2-4-9/h8-12H,2-7H2,1H3. The number of aliphatic hydroxyl groups is 1. The molecule has 1 aliphatic carbocycles. The van der Waals surface area contributed by atoms with E-state index in [0.717, 1.165) is 25.4 Å². The molecule has 0 spiro atoms. The Hall–Kier alpha value is -0.0800. The van der Waals surface area contributed by atoms with Crippen LogP contribution in [0.5, 0.6) is 0 Å². The van der Waals surface area contributed by atoms with Gasteiger partial charge in [0.25, 0.3) is 0 Å². The molecule has 13 heavy (non-hydrogen) atoms. The van der Waals surface area contributed by atoms with Crippen molar-refractivity contribution >= 4 is 0 Å². The van der Waals surface area contributed by atoms with Crippen LogP contribution in [-0.4, -0.2) is 23.9 Å². The van der Waals surface area contributed by atoms with Gasteiger partial charge in [-0.3, -0.25) is 0 Å². The van der Waals surface area contributed by atoms with E-state index in [0.29, 0.717) is 5.92 Å². The van der Waals surface area contributed by atoms with Crippen LogP contribution in [0.3, 0.4) is 0 Å². The van der Waals surface area contributed by atoms with Gasteiger partial charge in [-0.05, 0) is 25.7 Å². The molecule has 2 rings (SSSR count). The third-order valence-electron chi connectivity index (χ3n) is 3.73. The smallest absolute Gasteiger partial charge is 0.0600 e. The highest BCUT2D eigenvalue weighted by atomic mass is 16.5. The fourth-order valence-electron chi connectivity index (χ4n) is 2.50. The molecule has 1 saturated heterocycles. The molecule has 2 nitrogen and oxygen atoms in total. The summed E-state index contributed by atoms with van der Waals surface area (Å²) >= 11 is 0. The van der Waals surface area contributed by atoms with Gasteiger partial charge in [-0.25, -0.2) is 0 Å². The van der Waals surface area contributed by atoms with Gasteiger partial charge < -0.3 is 9.84 Å². The lowest BCUT2D eigenvalue weighted by Crippen LogP contribution is -2.30. The molecule has 0 aromatic heterocycles. The van der Waals surface area contributed by atoms with E-state index in [9.17, 15) is 5.11 Å². The largest absolute Gasteiger partial charge is 0.393 e. The van der Waals surface area contributed by atoms with E-state index in [-0.39, 0.29) is 12.2 Å². The van der Waals surface area contributed by atoms with Crippen molar-refractivity contribution in [3.63, 3.8) is 0 Å². The van der Waals surface area contributed by atoms with Gasteiger partial charge in [0.2, 0.25) is 0 Å². The van der Waals surface area contributed by atoms with E-state index in [1.165, 1.54) is 19.3 Å². The van der Waals surface area contributed by atoms with Crippen LogP contribution >= 0.6 is 0 Å². The van der Waals surface area contributed by atoms with E-state index < -0.39 is 0 Å². The molecule has 76 valence electrons. The van der Waals surface area contributed by atoms with Crippen LogP contribution in [0, 0.1) is 11.8 Å². The van der Waals surface area contributed by atoms with Crippen molar-refractivity contribution in [2.75, 3.05) is 6.61 Å². The van der Waals surface area contributed by atoms with Crippen molar-refractivity contribution in [3.8, 4) is 0 Å². The minimum absolute atomic E-state index is 0.109. The summed E-state index contributed by atoms with van der Waals surface area (Å²) in [5.74, 6) is 1.21. The zero-order valence-corrected chi connectivity index (χ0v) is 8.41. The van der Waals surface area contributed by atoms with E-state index in [2.05, 4.69) is 6.92 Å². The Bertz CT molecular complexity index is 165. The van der Waals surface area contributed by atoms with Crippen LogP contribution in [0.25, 0.3) is 0 Å². The minimum Gasteiger partial charge on any atom is -0.393 e. The molecule has 2 heteroatoms. The van der Waals surface area contributed by atoms with Crippen molar-refractivity contribution in [1.29, 1.82) is 0 Å². The quantitative estimate of drug-likeness (QED) is 0.726. The highest BCUT2D eigenvalue weighted by molar-refractivity contribution is 4.82. The third-order valence-corrected chi connectivity index (χ3v) is 3.73. The predicted molar refractivity (Wildman–Crippen MR) is 51.5 cm³/mol. The van der Waals surface area contributed by atoms with Crippen molar-refractivity contribution in [2.24, 2.45) is 11.8 Å². The fraction of sp³-hybridized carbons (Fsp3) is 1.00. The van der Waals surface area contributed by atoms with Gasteiger partial charge >= 0.3 is 0 Å². The Kier molecular flexibility index (Phi) is 2.89. The molecule has 2 aliphatic rings. The lowest BCUT2D eigenvalue weighted by Gasteiger charge is -2.30. The predicted octanol–water partition coefficient (Wildman–Crippen LogP) is 1.96. The van der Waals surface area contributed by atoms with Crippen molar-refractivity contribution in [3.05, 3.63) is 0 Å². The number of rotatable bonds is 3. The van der Waals surface area contributed by atoms with Crippen molar-refractivity contribution < 1.29 is 9.84 Å². The van der Waals surface area contributed by atoms with Crippen LogP contribution < -0.4 is 0 Å². The zero-order chi connectivity index (χ0) is 9.26. The molecule has 0 bridgehead atoms. The molecular formula is C11H20O2. The fourth-order valence-corrected chi connectivity index (χ4v) is 2.50. The highest BCUT2D eigenvalue weighted by Crippen LogP contribution is 2.34. The number of hydrogen-bond acceptors (Lipinski definition) is 2. The summed E-state index contributed by atoms with van der Waals surface area (Å²) < 4.78 is 5.46. The monoisotopic (exact) mass is 184 g/mol. The summed E-state index contributed by atoms with van der Waals surface area (Å²) in [7, 11) is 0. The van der Waals surface area contributed by atoms with Crippen LogP contribution in [0.2, 0.25) is 0 Å². The SMILES string of the molecule is CC1OCCC1C(O)CC1CCC1. The second-order valence-electron chi connectivity index (χ2n) is 4.63. The van der Waals surface area contributed by atoms with Gasteiger partial charge in [-0.2, -0.15) is 0 Å². The molecule has 0 amide bonds. The number of aliphatic hydroxyl groups excluding tert-OH is 1. The first kappa shape index (κ1) is 9.47. The third kappa shape index (κ3) is 2.05. The summed E-state index contributed by atoms with van der Waals surface area (Å²) in [6.07, 6.45) is 6.26. The average Bonchev–Trinajstić information content (AvgIpc) is 2.43. The molecule has 0 aromatic carbocycles. The Morgan fingerprint density at radius 3 is 2.62 bits per heavy atom. The first-order valence-electron chi connectivity index (χ1n) is 5.57. The van der Waals surface area contributed by atoms with E-state index in [1.54, 1.807) is 0 Å². The number of ether oxygens (including phenoxy) is 1. The Labute approximate surface area is 80.3 Å².